The molecule has 0 spiro atoms. The molecule has 0 saturated carbocycles. The molecule has 1 aliphatic heterocycles. The van der Waals surface area contributed by atoms with Crippen LogP contribution in [-0.2, 0) is 0 Å². The number of nitrogens with one attached hydrogen (secondary N) is 2. The van der Waals surface area contributed by atoms with Crippen molar-refractivity contribution >= 4 is 25.8 Å². The van der Waals surface area contributed by atoms with Crippen molar-refractivity contribution in [1.29, 1.82) is 0 Å². The summed E-state index contributed by atoms with van der Waals surface area (Å²) in [5.41, 5.74) is 4.49. The Kier molecular flexibility index (Phi) is 5.60. The van der Waals surface area contributed by atoms with Crippen molar-refractivity contribution in [3.8, 4) is 16.9 Å². The maximum Gasteiger partial charge on any atom is 0.268 e. The lowest BCUT2D eigenvalue weighted by Gasteiger charge is -2.17. The monoisotopic (exact) mass is 370 g/mol. The summed E-state index contributed by atoms with van der Waals surface area (Å²) in [7, 11) is -0.612. The summed E-state index contributed by atoms with van der Waals surface area (Å²) >= 11 is 0. The molecule has 1 amide bonds. The number of benzene rings is 2. The summed E-state index contributed by atoms with van der Waals surface area (Å²) in [6.45, 7) is 6.06. The smallest absolute Gasteiger partial charge is 0.268 e. The number of carbonyl (C=O) groups is 1. The largest absolute Gasteiger partial charge is 0.450 e. The number of rotatable bonds is 3. The van der Waals surface area contributed by atoms with Gasteiger partial charge in [-0.05, 0) is 35.7 Å². The third-order valence-electron chi connectivity index (χ3n) is 4.48. The van der Waals surface area contributed by atoms with Gasteiger partial charge in [0.25, 0.3) is 5.91 Å². The number of amides is 1. The van der Waals surface area contributed by atoms with Gasteiger partial charge in [0.05, 0.1) is 6.04 Å². The topological polar surface area (TPSA) is 74.4 Å². The first kappa shape index (κ1) is 18.4. The van der Waals surface area contributed by atoms with Gasteiger partial charge in [0, 0.05) is 16.5 Å². The van der Waals surface area contributed by atoms with E-state index >= 15 is 0 Å². The van der Waals surface area contributed by atoms with Gasteiger partial charge in [-0.2, -0.15) is 0 Å². The average Bonchev–Trinajstić information content (AvgIpc) is 3.01. The van der Waals surface area contributed by atoms with E-state index in [1.807, 2.05) is 44.2 Å². The van der Waals surface area contributed by atoms with Crippen LogP contribution in [0.3, 0.4) is 0 Å². The molecule has 1 aliphatic rings. The van der Waals surface area contributed by atoms with Crippen LogP contribution in [0.2, 0.25) is 0 Å². The lowest BCUT2D eigenvalue weighted by Crippen LogP contribution is -2.27. The zero-order chi connectivity index (χ0) is 18.7. The maximum absolute atomic E-state index is 12.7. The van der Waals surface area contributed by atoms with Gasteiger partial charge in [0.15, 0.2) is 0 Å². The van der Waals surface area contributed by atoms with Gasteiger partial charge in [0.2, 0.25) is 9.03 Å². The van der Waals surface area contributed by atoms with Crippen molar-refractivity contribution in [1.82, 2.24) is 10.3 Å². The molecule has 2 unspecified atom stereocenters. The van der Waals surface area contributed by atoms with Gasteiger partial charge in [-0.15, -0.1) is 0 Å². The van der Waals surface area contributed by atoms with E-state index in [0.29, 0.717) is 11.4 Å². The molecule has 5 nitrogen and oxygen atoms in total. The fourth-order valence-corrected chi connectivity index (χ4v) is 3.63. The SMILES string of the molecule is CC.CCC1NC(=O)c2[nH]c3ccc(OPO)cc3c2-c2ccccc21. The first-order valence-electron chi connectivity index (χ1n) is 8.84. The van der Waals surface area contributed by atoms with Crippen LogP contribution >= 0.6 is 9.03 Å². The Morgan fingerprint density at radius 3 is 2.69 bits per heavy atom. The highest BCUT2D eigenvalue weighted by molar-refractivity contribution is 7.25. The number of carbonyl (C=O) groups excluding carboxylic acids is 1. The summed E-state index contributed by atoms with van der Waals surface area (Å²) in [4.78, 5) is 25.0. The molecule has 3 aromatic rings. The molecule has 0 fully saturated rings. The van der Waals surface area contributed by atoms with E-state index in [9.17, 15) is 4.79 Å². The number of hydrogen-bond acceptors (Lipinski definition) is 3. The van der Waals surface area contributed by atoms with E-state index in [4.69, 9.17) is 9.42 Å². The summed E-state index contributed by atoms with van der Waals surface area (Å²) in [6.07, 6.45) is 0.824. The molecule has 26 heavy (non-hydrogen) atoms. The lowest BCUT2D eigenvalue weighted by molar-refractivity contribution is 0.0933. The summed E-state index contributed by atoms with van der Waals surface area (Å²) < 4.78 is 5.23. The Labute approximate surface area is 154 Å². The highest BCUT2D eigenvalue weighted by Gasteiger charge is 2.28. The van der Waals surface area contributed by atoms with E-state index in [0.717, 1.165) is 34.0 Å². The minimum atomic E-state index is -0.612. The summed E-state index contributed by atoms with van der Waals surface area (Å²) in [5.74, 6) is 0.482. The van der Waals surface area contributed by atoms with E-state index < -0.39 is 9.03 Å². The quantitative estimate of drug-likeness (QED) is 0.572. The first-order valence-corrected chi connectivity index (χ1v) is 9.70. The van der Waals surface area contributed by atoms with E-state index in [1.54, 1.807) is 6.07 Å². The van der Waals surface area contributed by atoms with Crippen LogP contribution in [0, 0.1) is 0 Å². The second kappa shape index (κ2) is 7.90. The number of hydrogen-bond donors (Lipinski definition) is 3. The first-order chi connectivity index (χ1) is 12.7. The predicted molar refractivity (Wildman–Crippen MR) is 107 cm³/mol. The third kappa shape index (κ3) is 3.09. The Morgan fingerprint density at radius 2 is 1.96 bits per heavy atom. The van der Waals surface area contributed by atoms with E-state index in [2.05, 4.69) is 23.3 Å². The zero-order valence-corrected chi connectivity index (χ0v) is 16.1. The predicted octanol–water partition coefficient (Wildman–Crippen LogP) is 4.94. The number of aromatic amines is 1. The standard InChI is InChI=1S/C18H17N2O3P.C2H6/c1-2-14-11-5-3-4-6-12(11)16-13-9-10(23-24-22)7-8-15(13)19-17(16)18(21)20-14;1-2/h3-9,14,19,22,24H,2H2,1H3,(H,20,21);1-2H3. The summed E-state index contributed by atoms with van der Waals surface area (Å²) in [6, 6.07) is 13.6. The number of H-pyrrole nitrogens is 1. The highest BCUT2D eigenvalue weighted by atomic mass is 31.1. The van der Waals surface area contributed by atoms with Crippen LogP contribution in [0.1, 0.15) is 49.3 Å². The molecule has 0 saturated heterocycles. The Hall–Kier alpha value is -2.36. The van der Waals surface area contributed by atoms with Gasteiger partial charge in [-0.1, -0.05) is 45.0 Å². The fraction of sp³-hybridized carbons (Fsp3) is 0.250. The van der Waals surface area contributed by atoms with Crippen LogP contribution in [0.5, 0.6) is 5.75 Å². The Balaban J connectivity index is 0.000000948. The van der Waals surface area contributed by atoms with Gasteiger partial charge in [0.1, 0.15) is 11.4 Å². The molecule has 136 valence electrons. The molecule has 4 rings (SSSR count). The lowest BCUT2D eigenvalue weighted by atomic mass is 9.93. The van der Waals surface area contributed by atoms with Gasteiger partial charge >= 0.3 is 0 Å². The molecule has 2 atom stereocenters. The third-order valence-corrected chi connectivity index (χ3v) is 4.81. The molecule has 0 aliphatic carbocycles. The van der Waals surface area contributed by atoms with Crippen molar-refractivity contribution in [2.45, 2.75) is 33.2 Å². The minimum Gasteiger partial charge on any atom is -0.450 e. The maximum atomic E-state index is 12.7. The number of aromatic nitrogens is 1. The molecule has 2 aromatic carbocycles. The van der Waals surface area contributed by atoms with Crippen molar-refractivity contribution in [2.24, 2.45) is 0 Å². The van der Waals surface area contributed by atoms with Crippen molar-refractivity contribution in [3.05, 3.63) is 53.7 Å². The van der Waals surface area contributed by atoms with E-state index in [1.165, 1.54) is 0 Å². The molecule has 3 N–H and O–H groups in total. The molecule has 0 radical (unpaired) electrons. The highest BCUT2D eigenvalue weighted by Crippen LogP contribution is 2.41. The van der Waals surface area contributed by atoms with Crippen molar-refractivity contribution < 1.29 is 14.2 Å². The normalized spacial score (nSPS) is 15.7. The van der Waals surface area contributed by atoms with Crippen LogP contribution in [0.4, 0.5) is 0 Å². The molecule has 0 bridgehead atoms. The van der Waals surface area contributed by atoms with Crippen molar-refractivity contribution in [3.63, 3.8) is 0 Å². The molecular weight excluding hydrogens is 347 g/mol. The Morgan fingerprint density at radius 1 is 1.19 bits per heavy atom. The van der Waals surface area contributed by atoms with E-state index in [-0.39, 0.29) is 11.9 Å². The van der Waals surface area contributed by atoms with Gasteiger partial charge in [-0.3, -0.25) is 4.79 Å². The van der Waals surface area contributed by atoms with Gasteiger partial charge < -0.3 is 19.7 Å². The average molecular weight is 370 g/mol. The Bertz CT molecular complexity index is 936. The van der Waals surface area contributed by atoms with Crippen LogP contribution < -0.4 is 9.84 Å². The fourth-order valence-electron chi connectivity index (χ4n) is 3.40. The van der Waals surface area contributed by atoms with Crippen LogP contribution in [-0.4, -0.2) is 15.8 Å². The zero-order valence-electron chi connectivity index (χ0n) is 15.1. The molecule has 6 heteroatoms. The van der Waals surface area contributed by atoms with Crippen LogP contribution in [0.25, 0.3) is 22.0 Å². The molecular formula is C20H23N2O3P. The van der Waals surface area contributed by atoms with Crippen molar-refractivity contribution in [2.75, 3.05) is 0 Å². The molecule has 2 heterocycles. The number of fused-ring (bicyclic) bond motifs is 5. The molecule has 1 aromatic heterocycles. The second-order valence-electron chi connectivity index (χ2n) is 5.80. The van der Waals surface area contributed by atoms with Crippen LogP contribution in [0.15, 0.2) is 42.5 Å². The minimum absolute atomic E-state index is 0.0112. The summed E-state index contributed by atoms with van der Waals surface area (Å²) in [5, 5.41) is 4.02. The van der Waals surface area contributed by atoms with Gasteiger partial charge in [-0.25, -0.2) is 0 Å². The second-order valence-corrected chi connectivity index (χ2v) is 6.18.